The first-order valence-corrected chi connectivity index (χ1v) is 4.95. The highest BCUT2D eigenvalue weighted by atomic mass is 16.1. The van der Waals surface area contributed by atoms with E-state index in [1.807, 2.05) is 18.4 Å². The third-order valence-corrected chi connectivity index (χ3v) is 2.33. The fourth-order valence-corrected chi connectivity index (χ4v) is 1.20. The molecule has 0 saturated carbocycles. The molecule has 4 nitrogen and oxygen atoms in total. The summed E-state index contributed by atoms with van der Waals surface area (Å²) in [5.74, 6) is 0.166. The van der Waals surface area contributed by atoms with Gasteiger partial charge in [-0.05, 0) is 6.42 Å². The Balaban J connectivity index is 2.71. The molecule has 0 aromatic carbocycles. The molecular weight excluding hydrogens is 178 g/mol. The lowest BCUT2D eigenvalue weighted by atomic mass is 10.0. The maximum atomic E-state index is 11.7. The standard InChI is InChI=1S/C10H17N3O/c1-3-8(2)10(14)9-6-13(5-4-11)7-12-9/h6-8H,3-5,11H2,1-2H3. The molecule has 1 heterocycles. The predicted molar refractivity (Wildman–Crippen MR) is 55.1 cm³/mol. The van der Waals surface area contributed by atoms with Gasteiger partial charge in [0.25, 0.3) is 0 Å². The van der Waals surface area contributed by atoms with E-state index in [-0.39, 0.29) is 11.7 Å². The van der Waals surface area contributed by atoms with Crippen molar-refractivity contribution in [2.45, 2.75) is 26.8 Å². The Bertz CT molecular complexity index is 306. The van der Waals surface area contributed by atoms with Gasteiger partial charge in [0.15, 0.2) is 5.78 Å². The molecule has 0 spiro atoms. The smallest absolute Gasteiger partial charge is 0.185 e. The molecule has 1 unspecified atom stereocenters. The van der Waals surface area contributed by atoms with Gasteiger partial charge in [-0.25, -0.2) is 4.98 Å². The van der Waals surface area contributed by atoms with E-state index in [4.69, 9.17) is 5.73 Å². The fraction of sp³-hybridized carbons (Fsp3) is 0.600. The van der Waals surface area contributed by atoms with E-state index in [0.29, 0.717) is 18.8 Å². The number of Topliss-reactive ketones (excluding diaryl/α,β-unsaturated/α-hetero) is 1. The fourth-order valence-electron chi connectivity index (χ4n) is 1.20. The van der Waals surface area contributed by atoms with E-state index in [1.54, 1.807) is 12.5 Å². The number of nitrogens with zero attached hydrogens (tertiary/aromatic N) is 2. The molecule has 0 aliphatic carbocycles. The molecule has 1 aromatic rings. The molecule has 4 heteroatoms. The minimum Gasteiger partial charge on any atom is -0.335 e. The van der Waals surface area contributed by atoms with Crippen molar-refractivity contribution in [2.75, 3.05) is 6.54 Å². The van der Waals surface area contributed by atoms with Gasteiger partial charge in [0.2, 0.25) is 0 Å². The van der Waals surface area contributed by atoms with Crippen LogP contribution in [0.15, 0.2) is 12.5 Å². The van der Waals surface area contributed by atoms with Crippen molar-refractivity contribution in [2.24, 2.45) is 11.7 Å². The third-order valence-electron chi connectivity index (χ3n) is 2.33. The Labute approximate surface area is 84.1 Å². The first-order valence-electron chi connectivity index (χ1n) is 4.95. The second kappa shape index (κ2) is 4.91. The zero-order valence-electron chi connectivity index (χ0n) is 8.73. The van der Waals surface area contributed by atoms with Gasteiger partial charge < -0.3 is 10.3 Å². The number of carbonyl (C=O) groups excluding carboxylic acids is 1. The van der Waals surface area contributed by atoms with Gasteiger partial charge in [0.05, 0.1) is 6.33 Å². The molecule has 1 rings (SSSR count). The van der Waals surface area contributed by atoms with Crippen LogP contribution in [0.4, 0.5) is 0 Å². The average molecular weight is 195 g/mol. The Kier molecular flexibility index (Phi) is 3.83. The minimum atomic E-state index is 0.0521. The Morgan fingerprint density at radius 1 is 1.71 bits per heavy atom. The third kappa shape index (κ3) is 2.42. The number of nitrogens with two attached hydrogens (primary N) is 1. The Morgan fingerprint density at radius 3 is 3.00 bits per heavy atom. The van der Waals surface area contributed by atoms with E-state index < -0.39 is 0 Å². The first-order chi connectivity index (χ1) is 6.69. The molecule has 0 bridgehead atoms. The van der Waals surface area contributed by atoms with Crippen LogP contribution in [-0.2, 0) is 6.54 Å². The molecule has 1 aromatic heterocycles. The van der Waals surface area contributed by atoms with Gasteiger partial charge in [-0.1, -0.05) is 13.8 Å². The summed E-state index contributed by atoms with van der Waals surface area (Å²) in [6.07, 6.45) is 4.27. The quantitative estimate of drug-likeness (QED) is 0.715. The number of carbonyl (C=O) groups is 1. The van der Waals surface area contributed by atoms with Crippen LogP contribution in [0.25, 0.3) is 0 Å². The number of hydrogen-bond acceptors (Lipinski definition) is 3. The molecule has 0 saturated heterocycles. The number of aromatic nitrogens is 2. The lowest BCUT2D eigenvalue weighted by Crippen LogP contribution is -2.11. The van der Waals surface area contributed by atoms with E-state index >= 15 is 0 Å². The average Bonchev–Trinajstić information content (AvgIpc) is 2.64. The maximum Gasteiger partial charge on any atom is 0.185 e. The molecule has 0 amide bonds. The van der Waals surface area contributed by atoms with Crippen LogP contribution in [0, 0.1) is 5.92 Å². The second-order valence-electron chi connectivity index (χ2n) is 3.46. The number of imidazole rings is 1. The van der Waals surface area contributed by atoms with Crippen molar-refractivity contribution in [1.82, 2.24) is 9.55 Å². The largest absolute Gasteiger partial charge is 0.335 e. The summed E-state index contributed by atoms with van der Waals surface area (Å²) < 4.78 is 1.84. The van der Waals surface area contributed by atoms with E-state index in [2.05, 4.69) is 4.98 Å². The predicted octanol–water partition coefficient (Wildman–Crippen LogP) is 1.07. The lowest BCUT2D eigenvalue weighted by Gasteiger charge is -2.03. The van der Waals surface area contributed by atoms with E-state index in [0.717, 1.165) is 6.42 Å². The highest BCUT2D eigenvalue weighted by Gasteiger charge is 2.15. The SMILES string of the molecule is CCC(C)C(=O)c1cn(CCN)cn1. The molecular formula is C10H17N3O. The van der Waals surface area contributed by atoms with Gasteiger partial charge in [-0.2, -0.15) is 0 Å². The van der Waals surface area contributed by atoms with Crippen molar-refractivity contribution in [3.05, 3.63) is 18.2 Å². The molecule has 0 aliphatic rings. The van der Waals surface area contributed by atoms with E-state index in [1.165, 1.54) is 0 Å². The van der Waals surface area contributed by atoms with Crippen LogP contribution in [0.1, 0.15) is 30.8 Å². The Hall–Kier alpha value is -1.16. The summed E-state index contributed by atoms with van der Waals surface area (Å²) in [5.41, 5.74) is 5.95. The molecule has 0 radical (unpaired) electrons. The molecule has 1 atom stereocenters. The first kappa shape index (κ1) is 10.9. The summed E-state index contributed by atoms with van der Waals surface area (Å²) in [4.78, 5) is 15.7. The number of rotatable bonds is 5. The number of hydrogen-bond donors (Lipinski definition) is 1. The van der Waals surface area contributed by atoms with Crippen molar-refractivity contribution >= 4 is 5.78 Å². The summed E-state index contributed by atoms with van der Waals surface area (Å²) in [7, 11) is 0. The van der Waals surface area contributed by atoms with Gasteiger partial charge >= 0.3 is 0 Å². The molecule has 0 aliphatic heterocycles. The van der Waals surface area contributed by atoms with Crippen LogP contribution in [0.3, 0.4) is 0 Å². The topological polar surface area (TPSA) is 60.9 Å². The van der Waals surface area contributed by atoms with Gasteiger partial charge in [-0.3, -0.25) is 4.79 Å². The summed E-state index contributed by atoms with van der Waals surface area (Å²) in [5, 5.41) is 0. The minimum absolute atomic E-state index is 0.0521. The van der Waals surface area contributed by atoms with E-state index in [9.17, 15) is 4.79 Å². The van der Waals surface area contributed by atoms with Gasteiger partial charge in [-0.15, -0.1) is 0 Å². The molecule has 0 fully saturated rings. The maximum absolute atomic E-state index is 11.7. The zero-order chi connectivity index (χ0) is 10.6. The summed E-state index contributed by atoms with van der Waals surface area (Å²) in [6, 6.07) is 0. The molecule has 14 heavy (non-hydrogen) atoms. The molecule has 78 valence electrons. The summed E-state index contributed by atoms with van der Waals surface area (Å²) in [6.45, 7) is 5.19. The van der Waals surface area contributed by atoms with Crippen LogP contribution >= 0.6 is 0 Å². The van der Waals surface area contributed by atoms with Gasteiger partial charge in [0.1, 0.15) is 5.69 Å². The van der Waals surface area contributed by atoms with Crippen molar-refractivity contribution < 1.29 is 4.79 Å². The monoisotopic (exact) mass is 195 g/mol. The highest BCUT2D eigenvalue weighted by Crippen LogP contribution is 2.09. The van der Waals surface area contributed by atoms with Crippen molar-refractivity contribution in [3.63, 3.8) is 0 Å². The van der Waals surface area contributed by atoms with Crippen molar-refractivity contribution in [3.8, 4) is 0 Å². The van der Waals surface area contributed by atoms with Crippen LogP contribution in [0.5, 0.6) is 0 Å². The summed E-state index contributed by atoms with van der Waals surface area (Å²) >= 11 is 0. The lowest BCUT2D eigenvalue weighted by molar-refractivity contribution is 0.0922. The van der Waals surface area contributed by atoms with Crippen LogP contribution in [-0.4, -0.2) is 21.9 Å². The number of ketones is 1. The zero-order valence-corrected chi connectivity index (χ0v) is 8.73. The second-order valence-corrected chi connectivity index (χ2v) is 3.46. The van der Waals surface area contributed by atoms with Crippen LogP contribution < -0.4 is 5.73 Å². The molecule has 2 N–H and O–H groups in total. The van der Waals surface area contributed by atoms with Crippen LogP contribution in [0.2, 0.25) is 0 Å². The Morgan fingerprint density at radius 2 is 2.43 bits per heavy atom. The van der Waals surface area contributed by atoms with Gasteiger partial charge in [0, 0.05) is 25.2 Å². The highest BCUT2D eigenvalue weighted by molar-refractivity contribution is 5.95. The normalized spacial score (nSPS) is 12.8. The van der Waals surface area contributed by atoms with Crippen molar-refractivity contribution in [1.29, 1.82) is 0 Å².